The maximum absolute atomic E-state index is 13.1. The Morgan fingerprint density at radius 3 is 2.20 bits per heavy atom. The van der Waals surface area contributed by atoms with Crippen LogP contribution in [0.2, 0.25) is 10.0 Å². The van der Waals surface area contributed by atoms with Crippen molar-refractivity contribution in [3.8, 4) is 5.75 Å². The number of ether oxygens (including phenoxy) is 1. The van der Waals surface area contributed by atoms with Gasteiger partial charge in [0.05, 0.1) is 5.02 Å². The van der Waals surface area contributed by atoms with Gasteiger partial charge in [-0.1, -0.05) is 60.5 Å². The van der Waals surface area contributed by atoms with E-state index in [2.05, 4.69) is 5.32 Å². The molecule has 0 aromatic heterocycles. The minimum atomic E-state index is -0.664. The molecule has 0 heterocycles. The van der Waals surface area contributed by atoms with Crippen LogP contribution >= 0.6 is 23.2 Å². The van der Waals surface area contributed by atoms with Crippen LogP contribution in [0.3, 0.4) is 0 Å². The van der Waals surface area contributed by atoms with Crippen LogP contribution in [-0.2, 0) is 16.1 Å². The fraction of sp³-hybridized carbons (Fsp3) is 0.391. The van der Waals surface area contributed by atoms with Gasteiger partial charge in [-0.15, -0.1) is 0 Å². The fourth-order valence-electron chi connectivity index (χ4n) is 2.97. The summed E-state index contributed by atoms with van der Waals surface area (Å²) < 4.78 is 5.63. The number of hydrogen-bond donors (Lipinski definition) is 1. The average Bonchev–Trinajstić information content (AvgIpc) is 2.67. The van der Waals surface area contributed by atoms with Gasteiger partial charge in [0.25, 0.3) is 5.91 Å². The normalized spacial score (nSPS) is 12.2. The van der Waals surface area contributed by atoms with Gasteiger partial charge in [-0.05, 0) is 51.0 Å². The Balaban J connectivity index is 2.27. The number of nitrogens with zero attached hydrogens (tertiary/aromatic N) is 1. The SMILES string of the molecule is CC[C@H](C(=O)NC(C)(C)C)N(Cc1ccccc1Cl)C(=O)COc1ccccc1Cl. The highest BCUT2D eigenvalue weighted by atomic mass is 35.5. The van der Waals surface area contributed by atoms with Crippen LogP contribution in [0.5, 0.6) is 5.75 Å². The zero-order chi connectivity index (χ0) is 22.3. The molecule has 0 spiro atoms. The maximum Gasteiger partial charge on any atom is 0.261 e. The number of benzene rings is 2. The molecule has 2 rings (SSSR count). The molecule has 5 nitrogen and oxygen atoms in total. The predicted molar refractivity (Wildman–Crippen MR) is 121 cm³/mol. The number of carbonyl (C=O) groups is 2. The van der Waals surface area contributed by atoms with Crippen LogP contribution in [0.15, 0.2) is 48.5 Å². The van der Waals surface area contributed by atoms with Crippen molar-refractivity contribution < 1.29 is 14.3 Å². The summed E-state index contributed by atoms with van der Waals surface area (Å²) >= 11 is 12.4. The Hall–Kier alpha value is -2.24. The number of para-hydroxylation sites is 1. The van der Waals surface area contributed by atoms with E-state index in [1.54, 1.807) is 30.3 Å². The van der Waals surface area contributed by atoms with Gasteiger partial charge in [0.15, 0.2) is 6.61 Å². The van der Waals surface area contributed by atoms with Crippen LogP contribution in [0.4, 0.5) is 0 Å². The number of halogens is 2. The molecule has 0 saturated carbocycles. The first-order valence-electron chi connectivity index (χ1n) is 9.84. The zero-order valence-corrected chi connectivity index (χ0v) is 19.3. The van der Waals surface area contributed by atoms with Gasteiger partial charge in [0.1, 0.15) is 11.8 Å². The summed E-state index contributed by atoms with van der Waals surface area (Å²) in [5.41, 5.74) is 0.338. The number of hydrogen-bond acceptors (Lipinski definition) is 3. The van der Waals surface area contributed by atoms with Gasteiger partial charge in [-0.25, -0.2) is 0 Å². The Labute approximate surface area is 188 Å². The third-order valence-corrected chi connectivity index (χ3v) is 5.05. The third-order valence-electron chi connectivity index (χ3n) is 4.37. The molecule has 0 bridgehead atoms. The summed E-state index contributed by atoms with van der Waals surface area (Å²) in [7, 11) is 0. The highest BCUT2D eigenvalue weighted by Crippen LogP contribution is 2.24. The molecule has 0 fully saturated rings. The molecule has 0 aliphatic heterocycles. The molecule has 162 valence electrons. The highest BCUT2D eigenvalue weighted by Gasteiger charge is 2.31. The van der Waals surface area contributed by atoms with Crippen LogP contribution in [0.1, 0.15) is 39.7 Å². The van der Waals surface area contributed by atoms with Crippen molar-refractivity contribution >= 4 is 35.0 Å². The topological polar surface area (TPSA) is 58.6 Å². The van der Waals surface area contributed by atoms with E-state index in [4.69, 9.17) is 27.9 Å². The maximum atomic E-state index is 13.1. The summed E-state index contributed by atoms with van der Waals surface area (Å²) in [6.45, 7) is 7.53. The molecule has 2 amide bonds. The largest absolute Gasteiger partial charge is 0.482 e. The quantitative estimate of drug-likeness (QED) is 0.608. The van der Waals surface area contributed by atoms with E-state index in [0.717, 1.165) is 5.56 Å². The second-order valence-electron chi connectivity index (χ2n) is 8.00. The molecule has 1 N–H and O–H groups in total. The molecule has 0 aliphatic rings. The smallest absolute Gasteiger partial charge is 0.261 e. The van der Waals surface area contributed by atoms with Gasteiger partial charge in [-0.3, -0.25) is 9.59 Å². The van der Waals surface area contributed by atoms with E-state index >= 15 is 0 Å². The van der Waals surface area contributed by atoms with Crippen LogP contribution < -0.4 is 10.1 Å². The molecule has 1 atom stereocenters. The summed E-state index contributed by atoms with van der Waals surface area (Å²) in [5.74, 6) is -0.133. The van der Waals surface area contributed by atoms with Crippen molar-refractivity contribution in [3.05, 3.63) is 64.1 Å². The second kappa shape index (κ2) is 10.7. The monoisotopic (exact) mass is 450 g/mol. The first-order valence-corrected chi connectivity index (χ1v) is 10.6. The van der Waals surface area contributed by atoms with E-state index in [-0.39, 0.29) is 25.0 Å². The Kier molecular flexibility index (Phi) is 8.56. The van der Waals surface area contributed by atoms with Gasteiger partial charge in [0.2, 0.25) is 5.91 Å². The lowest BCUT2D eigenvalue weighted by atomic mass is 10.1. The summed E-state index contributed by atoms with van der Waals surface area (Å²) in [6, 6.07) is 13.5. The van der Waals surface area contributed by atoms with Gasteiger partial charge in [-0.2, -0.15) is 0 Å². The summed E-state index contributed by atoms with van der Waals surface area (Å²) in [6.07, 6.45) is 0.449. The minimum absolute atomic E-state index is 0.195. The van der Waals surface area contributed by atoms with E-state index in [9.17, 15) is 9.59 Å². The number of amides is 2. The molecule has 0 unspecified atom stereocenters. The molecule has 0 saturated heterocycles. The van der Waals surface area contributed by atoms with Crippen LogP contribution in [0.25, 0.3) is 0 Å². The zero-order valence-electron chi connectivity index (χ0n) is 17.7. The molecule has 0 radical (unpaired) electrons. The Morgan fingerprint density at radius 1 is 1.03 bits per heavy atom. The number of carbonyl (C=O) groups excluding carboxylic acids is 2. The second-order valence-corrected chi connectivity index (χ2v) is 8.81. The molecule has 2 aromatic carbocycles. The average molecular weight is 451 g/mol. The van der Waals surface area contributed by atoms with Gasteiger partial charge >= 0.3 is 0 Å². The molecular weight excluding hydrogens is 423 g/mol. The Bertz CT molecular complexity index is 881. The standard InChI is InChI=1S/C23H28Cl2N2O3/c1-5-19(22(29)26-23(2,3)4)27(14-16-10-6-7-11-17(16)24)21(28)15-30-20-13-9-8-12-18(20)25/h6-13,19H,5,14-15H2,1-4H3,(H,26,29)/t19-/m1/s1. The van der Waals surface area contributed by atoms with E-state index < -0.39 is 11.6 Å². The van der Waals surface area contributed by atoms with Crippen molar-refractivity contribution in [2.45, 2.75) is 52.2 Å². The van der Waals surface area contributed by atoms with E-state index in [1.165, 1.54) is 4.90 Å². The van der Waals surface area contributed by atoms with Crippen molar-refractivity contribution in [1.29, 1.82) is 0 Å². The fourth-order valence-corrected chi connectivity index (χ4v) is 3.35. The molecule has 30 heavy (non-hydrogen) atoms. The number of nitrogens with one attached hydrogen (secondary N) is 1. The number of rotatable bonds is 8. The summed E-state index contributed by atoms with van der Waals surface area (Å²) in [4.78, 5) is 27.6. The van der Waals surface area contributed by atoms with E-state index in [0.29, 0.717) is 22.2 Å². The third kappa shape index (κ3) is 6.92. The minimum Gasteiger partial charge on any atom is -0.482 e. The van der Waals surface area contributed by atoms with Gasteiger partial charge < -0.3 is 15.0 Å². The van der Waals surface area contributed by atoms with Crippen molar-refractivity contribution in [1.82, 2.24) is 10.2 Å². The van der Waals surface area contributed by atoms with Crippen molar-refractivity contribution in [2.24, 2.45) is 0 Å². The predicted octanol–water partition coefficient (Wildman–Crippen LogP) is 5.09. The molecule has 0 aliphatic carbocycles. The molecular formula is C23H28Cl2N2O3. The van der Waals surface area contributed by atoms with Crippen molar-refractivity contribution in [2.75, 3.05) is 6.61 Å². The first kappa shape index (κ1) is 24.0. The van der Waals surface area contributed by atoms with Crippen LogP contribution in [0, 0.1) is 0 Å². The van der Waals surface area contributed by atoms with E-state index in [1.807, 2.05) is 45.9 Å². The van der Waals surface area contributed by atoms with Gasteiger partial charge in [0, 0.05) is 17.1 Å². The lowest BCUT2D eigenvalue weighted by Crippen LogP contribution is -2.54. The molecule has 7 heteroatoms. The lowest BCUT2D eigenvalue weighted by Gasteiger charge is -2.33. The summed E-state index contributed by atoms with van der Waals surface area (Å²) in [5, 5.41) is 3.91. The first-order chi connectivity index (χ1) is 14.1. The lowest BCUT2D eigenvalue weighted by molar-refractivity contribution is -0.143. The Morgan fingerprint density at radius 2 is 1.63 bits per heavy atom. The van der Waals surface area contributed by atoms with Crippen LogP contribution in [-0.4, -0.2) is 34.9 Å². The van der Waals surface area contributed by atoms with Crippen molar-refractivity contribution in [3.63, 3.8) is 0 Å². The molecule has 2 aromatic rings. The highest BCUT2D eigenvalue weighted by molar-refractivity contribution is 6.32.